The lowest BCUT2D eigenvalue weighted by molar-refractivity contribution is -0.113. The van der Waals surface area contributed by atoms with Crippen molar-refractivity contribution in [1.29, 1.82) is 0 Å². The smallest absolute Gasteiger partial charge is 0.199 e. The molecule has 0 saturated heterocycles. The van der Waals surface area contributed by atoms with Crippen LogP contribution in [0.3, 0.4) is 0 Å². The maximum atomic E-state index is 12.2. The van der Waals surface area contributed by atoms with Gasteiger partial charge in [0, 0.05) is 5.69 Å². The molecule has 1 rings (SSSR count). The molecule has 0 saturated carbocycles. The fraction of sp³-hybridized carbons (Fsp3) is 0.308. The first kappa shape index (κ1) is 13.6. The lowest BCUT2D eigenvalue weighted by atomic mass is 9.98. The van der Waals surface area contributed by atoms with Gasteiger partial charge in [0.15, 0.2) is 11.6 Å². The maximum Gasteiger partial charge on any atom is 0.199 e. The molecule has 90 valence electrons. The van der Waals surface area contributed by atoms with E-state index in [0.29, 0.717) is 5.57 Å². The molecule has 0 aliphatic carbocycles. The number of allylic oxidation sites excluding steroid dienone is 2. The van der Waals surface area contributed by atoms with Crippen LogP contribution >= 0.6 is 11.6 Å². The Bertz CT molecular complexity index is 514. The van der Waals surface area contributed by atoms with E-state index in [1.54, 1.807) is 32.9 Å². The van der Waals surface area contributed by atoms with Crippen molar-refractivity contribution < 1.29 is 9.59 Å². The second-order valence-electron chi connectivity index (χ2n) is 4.05. The van der Waals surface area contributed by atoms with Gasteiger partial charge in [-0.25, -0.2) is 4.98 Å². The number of halogens is 1. The highest BCUT2D eigenvalue weighted by Gasteiger charge is 2.20. The number of rotatable bonds is 3. The molecule has 0 aliphatic rings. The predicted octanol–water partition coefficient (Wildman–Crippen LogP) is 3.15. The largest absolute Gasteiger partial charge is 0.294 e. The van der Waals surface area contributed by atoms with Gasteiger partial charge in [0.25, 0.3) is 0 Å². The first-order chi connectivity index (χ1) is 7.84. The summed E-state index contributed by atoms with van der Waals surface area (Å²) in [4.78, 5) is 27.6. The zero-order valence-corrected chi connectivity index (χ0v) is 11.1. The Morgan fingerprint density at radius 2 is 1.76 bits per heavy atom. The molecule has 0 fully saturated rings. The van der Waals surface area contributed by atoms with E-state index in [-0.39, 0.29) is 27.9 Å². The zero-order valence-electron chi connectivity index (χ0n) is 10.3. The normalized spacial score (nSPS) is 9.94. The van der Waals surface area contributed by atoms with Crippen LogP contribution in [-0.4, -0.2) is 16.6 Å². The number of hydrogen-bond donors (Lipinski definition) is 0. The van der Waals surface area contributed by atoms with E-state index in [9.17, 15) is 9.59 Å². The molecule has 0 spiro atoms. The molecule has 0 atom stereocenters. The Morgan fingerprint density at radius 1 is 1.18 bits per heavy atom. The summed E-state index contributed by atoms with van der Waals surface area (Å²) < 4.78 is 0. The van der Waals surface area contributed by atoms with Crippen molar-refractivity contribution in [1.82, 2.24) is 4.98 Å². The molecule has 0 amide bonds. The molecule has 0 radical (unpaired) electrons. The van der Waals surface area contributed by atoms with Gasteiger partial charge in [-0.1, -0.05) is 17.2 Å². The molecule has 0 aromatic carbocycles. The van der Waals surface area contributed by atoms with Crippen molar-refractivity contribution in [2.75, 3.05) is 0 Å². The van der Waals surface area contributed by atoms with Crippen LogP contribution in [0.5, 0.6) is 0 Å². The molecule has 17 heavy (non-hydrogen) atoms. The van der Waals surface area contributed by atoms with Crippen molar-refractivity contribution in [2.45, 2.75) is 27.7 Å². The number of aromatic nitrogens is 1. The molecule has 1 aromatic rings. The Morgan fingerprint density at radius 3 is 2.18 bits per heavy atom. The van der Waals surface area contributed by atoms with E-state index in [1.807, 2.05) is 0 Å². The summed E-state index contributed by atoms with van der Waals surface area (Å²) in [5.41, 5.74) is 1.86. The summed E-state index contributed by atoms with van der Waals surface area (Å²) in [6, 6.07) is 3.29. The standard InChI is InChI=1S/C13H14ClNO2/c1-7(2)11(9(4)16)12(17)10-6-5-8(3)15-13(10)14/h5-6H,1-4H3. The van der Waals surface area contributed by atoms with Crippen LogP contribution in [0, 0.1) is 6.92 Å². The molecule has 0 N–H and O–H groups in total. The van der Waals surface area contributed by atoms with Crippen molar-refractivity contribution in [3.8, 4) is 0 Å². The van der Waals surface area contributed by atoms with Gasteiger partial charge in [-0.3, -0.25) is 9.59 Å². The van der Waals surface area contributed by atoms with Crippen LogP contribution in [0.25, 0.3) is 0 Å². The number of pyridine rings is 1. The summed E-state index contributed by atoms with van der Waals surface area (Å²) in [6.07, 6.45) is 0. The number of ketones is 2. The molecular formula is C13H14ClNO2. The monoisotopic (exact) mass is 251 g/mol. The van der Waals surface area contributed by atoms with E-state index < -0.39 is 0 Å². The topological polar surface area (TPSA) is 47.0 Å². The Hall–Kier alpha value is -1.48. The van der Waals surface area contributed by atoms with Crippen LogP contribution < -0.4 is 0 Å². The minimum absolute atomic E-state index is 0.134. The summed E-state index contributed by atoms with van der Waals surface area (Å²) in [5.74, 6) is -0.623. The minimum atomic E-state index is -0.366. The van der Waals surface area contributed by atoms with Crippen molar-refractivity contribution in [3.63, 3.8) is 0 Å². The highest BCUT2D eigenvalue weighted by Crippen LogP contribution is 2.20. The van der Waals surface area contributed by atoms with Crippen LogP contribution in [0.2, 0.25) is 5.15 Å². The fourth-order valence-corrected chi connectivity index (χ4v) is 1.85. The SMILES string of the molecule is CC(=O)C(C(=O)c1ccc(C)nc1Cl)=C(C)C. The Kier molecular flexibility index (Phi) is 4.18. The third-order valence-corrected chi connectivity index (χ3v) is 2.60. The molecule has 0 bridgehead atoms. The highest BCUT2D eigenvalue weighted by molar-refractivity contribution is 6.36. The summed E-state index contributed by atoms with van der Waals surface area (Å²) in [5, 5.41) is 0.134. The number of carbonyl (C=O) groups is 2. The van der Waals surface area contributed by atoms with Gasteiger partial charge >= 0.3 is 0 Å². The van der Waals surface area contributed by atoms with Gasteiger partial charge in [-0.2, -0.15) is 0 Å². The van der Waals surface area contributed by atoms with E-state index >= 15 is 0 Å². The fourth-order valence-electron chi connectivity index (χ4n) is 1.57. The number of Topliss-reactive ketones (excluding diaryl/α,β-unsaturated/α-hetero) is 2. The number of carbonyl (C=O) groups excluding carboxylic acids is 2. The Labute approximate surface area is 106 Å². The van der Waals surface area contributed by atoms with Crippen LogP contribution in [0.1, 0.15) is 36.8 Å². The van der Waals surface area contributed by atoms with Gasteiger partial charge < -0.3 is 0 Å². The van der Waals surface area contributed by atoms with Gasteiger partial charge in [0.1, 0.15) is 5.15 Å². The van der Waals surface area contributed by atoms with Crippen LogP contribution in [0.15, 0.2) is 23.3 Å². The first-order valence-corrected chi connectivity index (χ1v) is 5.58. The van der Waals surface area contributed by atoms with Crippen LogP contribution in [0.4, 0.5) is 0 Å². The zero-order chi connectivity index (χ0) is 13.2. The molecule has 1 heterocycles. The molecule has 1 aromatic heterocycles. The van der Waals surface area contributed by atoms with E-state index in [1.165, 1.54) is 6.92 Å². The number of hydrogen-bond acceptors (Lipinski definition) is 3. The van der Waals surface area contributed by atoms with Gasteiger partial charge in [0.2, 0.25) is 0 Å². The van der Waals surface area contributed by atoms with Gasteiger partial charge in [-0.05, 0) is 39.8 Å². The van der Waals surface area contributed by atoms with Gasteiger partial charge in [0.05, 0.1) is 11.1 Å². The van der Waals surface area contributed by atoms with Crippen molar-refractivity contribution >= 4 is 23.2 Å². The summed E-state index contributed by atoms with van der Waals surface area (Å²) in [7, 11) is 0. The molecule has 0 unspecified atom stereocenters. The van der Waals surface area contributed by atoms with Crippen molar-refractivity contribution in [3.05, 3.63) is 39.7 Å². The van der Waals surface area contributed by atoms with E-state index in [4.69, 9.17) is 11.6 Å². The summed E-state index contributed by atoms with van der Waals surface area (Å²) in [6.45, 7) is 6.61. The molecular weight excluding hydrogens is 238 g/mol. The number of aryl methyl sites for hydroxylation is 1. The summed E-state index contributed by atoms with van der Waals surface area (Å²) >= 11 is 5.91. The first-order valence-electron chi connectivity index (χ1n) is 5.21. The van der Waals surface area contributed by atoms with Crippen molar-refractivity contribution in [2.24, 2.45) is 0 Å². The lowest BCUT2D eigenvalue weighted by Gasteiger charge is -2.07. The number of nitrogens with zero attached hydrogens (tertiary/aromatic N) is 1. The second kappa shape index (κ2) is 5.23. The third-order valence-electron chi connectivity index (χ3n) is 2.31. The average Bonchev–Trinajstić information content (AvgIpc) is 2.15. The second-order valence-corrected chi connectivity index (χ2v) is 4.41. The van der Waals surface area contributed by atoms with Crippen LogP contribution in [-0.2, 0) is 4.79 Å². The molecule has 0 aliphatic heterocycles. The average molecular weight is 252 g/mol. The molecule has 3 nitrogen and oxygen atoms in total. The lowest BCUT2D eigenvalue weighted by Crippen LogP contribution is -2.13. The quantitative estimate of drug-likeness (QED) is 0.273. The Balaban J connectivity index is 3.30. The highest BCUT2D eigenvalue weighted by atomic mass is 35.5. The van der Waals surface area contributed by atoms with E-state index in [0.717, 1.165) is 5.69 Å². The van der Waals surface area contributed by atoms with E-state index in [2.05, 4.69) is 4.98 Å². The maximum absolute atomic E-state index is 12.2. The molecule has 4 heteroatoms. The predicted molar refractivity (Wildman–Crippen MR) is 67.4 cm³/mol. The minimum Gasteiger partial charge on any atom is -0.294 e. The third kappa shape index (κ3) is 3.01. The van der Waals surface area contributed by atoms with Gasteiger partial charge in [-0.15, -0.1) is 0 Å².